The van der Waals surface area contributed by atoms with Crippen LogP contribution in [0.2, 0.25) is 0 Å². The van der Waals surface area contributed by atoms with Gasteiger partial charge in [0, 0.05) is 12.3 Å². The molecule has 0 amide bonds. The summed E-state index contributed by atoms with van der Waals surface area (Å²) in [4.78, 5) is 35.3. The molecule has 0 fully saturated rings. The van der Waals surface area contributed by atoms with Crippen LogP contribution < -0.4 is 11.2 Å². The number of carbonyl (C=O) groups is 1. The Kier molecular flexibility index (Phi) is 2.78. The minimum Gasteiger partial charge on any atom is -0.443 e. The summed E-state index contributed by atoms with van der Waals surface area (Å²) in [7, 11) is 0. The minimum absolute atomic E-state index is 0.556. The summed E-state index contributed by atoms with van der Waals surface area (Å²) in [6, 6.07) is 1.07. The molecule has 0 aromatic carbocycles. The highest BCUT2D eigenvalue weighted by molar-refractivity contribution is 5.70. The lowest BCUT2D eigenvalue weighted by Gasteiger charge is -2.19. The molecule has 1 heterocycles. The summed E-state index contributed by atoms with van der Waals surface area (Å²) in [5.41, 5.74) is -2.05. The van der Waals surface area contributed by atoms with Crippen LogP contribution in [0.3, 0.4) is 0 Å². The molecule has 1 N–H and O–H groups in total. The monoisotopic (exact) mass is 212 g/mol. The number of hydrogen-bond acceptors (Lipinski definition) is 4. The summed E-state index contributed by atoms with van der Waals surface area (Å²) < 4.78 is 5.65. The third kappa shape index (κ3) is 3.08. The molecule has 1 rings (SSSR count). The van der Waals surface area contributed by atoms with E-state index in [-0.39, 0.29) is 0 Å². The van der Waals surface area contributed by atoms with E-state index in [1.165, 1.54) is 0 Å². The molecule has 82 valence electrons. The third-order valence-electron chi connectivity index (χ3n) is 1.41. The maximum atomic E-state index is 11.4. The minimum atomic E-state index is -0.816. The van der Waals surface area contributed by atoms with Gasteiger partial charge in [0.05, 0.1) is 0 Å². The Hall–Kier alpha value is -1.85. The number of nitrogens with one attached hydrogen (secondary N) is 1. The predicted molar refractivity (Wildman–Crippen MR) is 53.0 cm³/mol. The highest BCUT2D eigenvalue weighted by Crippen LogP contribution is 2.07. The number of rotatable bonds is 0. The molecule has 0 saturated carbocycles. The normalized spacial score (nSPS) is 11.1. The van der Waals surface area contributed by atoms with E-state index in [9.17, 15) is 14.4 Å². The van der Waals surface area contributed by atoms with E-state index in [4.69, 9.17) is 4.74 Å². The van der Waals surface area contributed by atoms with Gasteiger partial charge in [0.2, 0.25) is 0 Å². The first-order chi connectivity index (χ1) is 6.79. The number of aromatic nitrogens is 2. The lowest BCUT2D eigenvalue weighted by molar-refractivity contribution is 0.0528. The van der Waals surface area contributed by atoms with Gasteiger partial charge < -0.3 is 4.74 Å². The highest BCUT2D eigenvalue weighted by Gasteiger charge is 2.18. The first-order valence-corrected chi connectivity index (χ1v) is 4.35. The Bertz CT molecular complexity index is 478. The number of ether oxygens (including phenoxy) is 1. The number of aromatic amines is 1. The lowest BCUT2D eigenvalue weighted by atomic mass is 10.2. The molecule has 0 spiro atoms. The molecular weight excluding hydrogens is 200 g/mol. The molecule has 1 aromatic rings. The van der Waals surface area contributed by atoms with Crippen LogP contribution in [0.4, 0.5) is 4.79 Å². The molecule has 0 atom stereocenters. The summed E-state index contributed by atoms with van der Waals surface area (Å²) in [5.74, 6) is 0. The molecule has 0 aliphatic carbocycles. The van der Waals surface area contributed by atoms with Gasteiger partial charge in [0.25, 0.3) is 5.56 Å². The lowest BCUT2D eigenvalue weighted by Crippen LogP contribution is -2.36. The van der Waals surface area contributed by atoms with Crippen molar-refractivity contribution in [3.05, 3.63) is 33.1 Å². The van der Waals surface area contributed by atoms with Gasteiger partial charge in [-0.15, -0.1) is 0 Å². The van der Waals surface area contributed by atoms with Crippen molar-refractivity contribution in [2.45, 2.75) is 26.4 Å². The van der Waals surface area contributed by atoms with Crippen molar-refractivity contribution in [3.8, 4) is 0 Å². The zero-order valence-electron chi connectivity index (χ0n) is 8.73. The van der Waals surface area contributed by atoms with Gasteiger partial charge in [0.15, 0.2) is 0 Å². The molecule has 1 aromatic heterocycles. The first-order valence-electron chi connectivity index (χ1n) is 4.35. The number of nitrogens with zero attached hydrogens (tertiary/aromatic N) is 1. The molecule has 0 aliphatic rings. The average Bonchev–Trinajstić information content (AvgIpc) is 1.99. The maximum absolute atomic E-state index is 11.4. The van der Waals surface area contributed by atoms with Crippen molar-refractivity contribution in [1.82, 2.24) is 9.55 Å². The molecule has 15 heavy (non-hydrogen) atoms. The van der Waals surface area contributed by atoms with Crippen molar-refractivity contribution in [1.29, 1.82) is 0 Å². The van der Waals surface area contributed by atoms with E-state index < -0.39 is 22.9 Å². The van der Waals surface area contributed by atoms with E-state index in [0.717, 1.165) is 12.3 Å². The fourth-order valence-corrected chi connectivity index (χ4v) is 0.872. The number of hydrogen-bond donors (Lipinski definition) is 1. The van der Waals surface area contributed by atoms with E-state index in [1.807, 2.05) is 4.98 Å². The van der Waals surface area contributed by atoms with Gasteiger partial charge in [-0.1, -0.05) is 0 Å². The fraction of sp³-hybridized carbons (Fsp3) is 0.444. The van der Waals surface area contributed by atoms with Gasteiger partial charge in [-0.2, -0.15) is 0 Å². The molecule has 0 saturated heterocycles. The van der Waals surface area contributed by atoms with Crippen LogP contribution in [0, 0.1) is 0 Å². The molecule has 6 nitrogen and oxygen atoms in total. The zero-order valence-corrected chi connectivity index (χ0v) is 8.73. The maximum Gasteiger partial charge on any atom is 0.422 e. The van der Waals surface area contributed by atoms with Gasteiger partial charge in [-0.25, -0.2) is 14.2 Å². The fourth-order valence-electron chi connectivity index (χ4n) is 0.872. The van der Waals surface area contributed by atoms with Crippen molar-refractivity contribution >= 4 is 6.09 Å². The highest BCUT2D eigenvalue weighted by atomic mass is 16.6. The van der Waals surface area contributed by atoms with Crippen LogP contribution in [-0.4, -0.2) is 21.2 Å². The Labute approximate surface area is 85.5 Å². The summed E-state index contributed by atoms with van der Waals surface area (Å²) in [6.07, 6.45) is 0.263. The van der Waals surface area contributed by atoms with Gasteiger partial charge >= 0.3 is 11.8 Å². The second-order valence-corrected chi connectivity index (χ2v) is 3.96. The quantitative estimate of drug-likeness (QED) is 0.671. The van der Waals surface area contributed by atoms with Gasteiger partial charge in [0.1, 0.15) is 5.60 Å². The Morgan fingerprint density at radius 3 is 2.47 bits per heavy atom. The van der Waals surface area contributed by atoms with Crippen molar-refractivity contribution < 1.29 is 9.53 Å². The largest absolute Gasteiger partial charge is 0.443 e. The van der Waals surface area contributed by atoms with Crippen LogP contribution in [0.15, 0.2) is 21.9 Å². The summed E-state index contributed by atoms with van der Waals surface area (Å²) in [6.45, 7) is 5.05. The van der Waals surface area contributed by atoms with E-state index in [1.54, 1.807) is 20.8 Å². The van der Waals surface area contributed by atoms with E-state index >= 15 is 0 Å². The summed E-state index contributed by atoms with van der Waals surface area (Å²) in [5, 5.41) is 0. The molecule has 6 heteroatoms. The number of carbonyl (C=O) groups excluding carboxylic acids is 1. The van der Waals surface area contributed by atoms with Gasteiger partial charge in [-0.3, -0.25) is 9.78 Å². The molecule has 0 aliphatic heterocycles. The third-order valence-corrected chi connectivity index (χ3v) is 1.41. The predicted octanol–water partition coefficient (Wildman–Crippen LogP) is 0.320. The van der Waals surface area contributed by atoms with Crippen LogP contribution >= 0.6 is 0 Å². The van der Waals surface area contributed by atoms with Crippen molar-refractivity contribution in [2.24, 2.45) is 0 Å². The number of H-pyrrole nitrogens is 1. The van der Waals surface area contributed by atoms with Crippen LogP contribution in [-0.2, 0) is 4.74 Å². The second-order valence-electron chi connectivity index (χ2n) is 3.96. The molecule has 0 unspecified atom stereocenters. The van der Waals surface area contributed by atoms with E-state index in [2.05, 4.69) is 0 Å². The molecule has 0 bridgehead atoms. The van der Waals surface area contributed by atoms with Crippen molar-refractivity contribution in [2.75, 3.05) is 0 Å². The topological polar surface area (TPSA) is 81.2 Å². The molecular formula is C9H12N2O4. The second kappa shape index (κ2) is 3.72. The van der Waals surface area contributed by atoms with Crippen LogP contribution in [0.1, 0.15) is 20.8 Å². The summed E-state index contributed by atoms with van der Waals surface area (Å²) >= 11 is 0. The van der Waals surface area contributed by atoms with Crippen LogP contribution in [0.5, 0.6) is 0 Å². The first kappa shape index (κ1) is 11.2. The zero-order chi connectivity index (χ0) is 11.6. The average molecular weight is 212 g/mol. The standard InChI is InChI=1S/C9H12N2O4/c1-9(2,3)15-8(14)11-5-4-6(12)10-7(11)13/h4-5H,1-3H3,(H,10,12,13). The van der Waals surface area contributed by atoms with Crippen molar-refractivity contribution in [3.63, 3.8) is 0 Å². The smallest absolute Gasteiger partial charge is 0.422 e. The van der Waals surface area contributed by atoms with E-state index in [0.29, 0.717) is 4.57 Å². The Balaban J connectivity index is 3.03. The molecule has 0 radical (unpaired) electrons. The SMILES string of the molecule is CC(C)(C)OC(=O)n1ccc(=O)[nH]c1=O. The Morgan fingerprint density at radius 2 is 2.00 bits per heavy atom. The Morgan fingerprint density at radius 1 is 1.40 bits per heavy atom. The van der Waals surface area contributed by atoms with Gasteiger partial charge in [-0.05, 0) is 20.8 Å². The van der Waals surface area contributed by atoms with Crippen LogP contribution in [0.25, 0.3) is 0 Å².